The lowest BCUT2D eigenvalue weighted by Gasteiger charge is -2.05. The van der Waals surface area contributed by atoms with Gasteiger partial charge in [-0.05, 0) is 37.0 Å². The predicted molar refractivity (Wildman–Crippen MR) is 50.3 cm³/mol. The largest absolute Gasteiger partial charge is 0.125 e. The molecule has 2 rings (SSSR count). The van der Waals surface area contributed by atoms with Gasteiger partial charge in [-0.3, -0.25) is 0 Å². The molecule has 0 amide bonds. The maximum absolute atomic E-state index is 2.28. The average molecular weight is 164 g/mol. The van der Waals surface area contributed by atoms with Crippen LogP contribution in [-0.2, 0) is 6.42 Å². The molecule has 0 atom stereocenters. The number of hydrogen-bond acceptors (Lipinski definition) is 1. The van der Waals surface area contributed by atoms with Crippen LogP contribution in [0.25, 0.3) is 0 Å². The molecule has 0 bridgehead atoms. The van der Waals surface area contributed by atoms with Crippen molar-refractivity contribution in [2.24, 2.45) is 0 Å². The van der Waals surface area contributed by atoms with E-state index in [4.69, 9.17) is 0 Å². The third-order valence-electron chi connectivity index (χ3n) is 2.38. The summed E-state index contributed by atoms with van der Waals surface area (Å²) >= 11 is 2.01. The van der Waals surface area contributed by atoms with E-state index in [0.29, 0.717) is 0 Å². The van der Waals surface area contributed by atoms with Gasteiger partial charge in [0.15, 0.2) is 0 Å². The van der Waals surface area contributed by atoms with Crippen molar-refractivity contribution in [2.45, 2.75) is 25.2 Å². The minimum Gasteiger partial charge on any atom is -0.125 e. The zero-order chi connectivity index (χ0) is 7.84. The van der Waals surface area contributed by atoms with Crippen molar-refractivity contribution in [2.75, 3.05) is 5.75 Å². The van der Waals surface area contributed by atoms with Crippen LogP contribution >= 0.6 is 11.8 Å². The quantitative estimate of drug-likeness (QED) is 0.568. The van der Waals surface area contributed by atoms with E-state index in [1.54, 1.807) is 10.5 Å². The second-order valence-corrected chi connectivity index (χ2v) is 4.20. The first kappa shape index (κ1) is 7.23. The van der Waals surface area contributed by atoms with Gasteiger partial charge in [-0.1, -0.05) is 12.1 Å². The molecule has 1 aromatic rings. The Morgan fingerprint density at radius 1 is 1.27 bits per heavy atom. The fraction of sp³-hybridized carbons (Fsp3) is 0.400. The summed E-state index contributed by atoms with van der Waals surface area (Å²) in [5.41, 5.74) is 4.47. The topological polar surface area (TPSA) is 0 Å². The highest BCUT2D eigenvalue weighted by atomic mass is 32.2. The normalized spacial score (nSPS) is 15.1. The summed E-state index contributed by atoms with van der Waals surface area (Å²) in [5, 5.41) is 0. The third kappa shape index (κ3) is 1.08. The molecule has 0 fully saturated rings. The maximum Gasteiger partial charge on any atom is 0.0136 e. The second kappa shape index (κ2) is 2.56. The smallest absolute Gasteiger partial charge is 0.0136 e. The predicted octanol–water partition coefficient (Wildman–Crippen LogP) is 2.95. The van der Waals surface area contributed by atoms with Crippen molar-refractivity contribution in [3.05, 3.63) is 28.8 Å². The number of thioether (sulfide) groups is 1. The summed E-state index contributed by atoms with van der Waals surface area (Å²) < 4.78 is 0. The summed E-state index contributed by atoms with van der Waals surface area (Å²) in [6.45, 7) is 4.42. The summed E-state index contributed by atoms with van der Waals surface area (Å²) in [4.78, 5) is 1.55. The molecular formula is C10H12S. The van der Waals surface area contributed by atoms with E-state index in [2.05, 4.69) is 26.0 Å². The van der Waals surface area contributed by atoms with E-state index in [-0.39, 0.29) is 0 Å². The van der Waals surface area contributed by atoms with Gasteiger partial charge in [0.1, 0.15) is 0 Å². The Morgan fingerprint density at radius 3 is 2.91 bits per heavy atom. The van der Waals surface area contributed by atoms with E-state index < -0.39 is 0 Å². The summed E-state index contributed by atoms with van der Waals surface area (Å²) in [6.07, 6.45) is 1.26. The van der Waals surface area contributed by atoms with Gasteiger partial charge < -0.3 is 0 Å². The summed E-state index contributed by atoms with van der Waals surface area (Å²) in [6, 6.07) is 4.51. The number of fused-ring (bicyclic) bond motifs is 1. The van der Waals surface area contributed by atoms with Crippen LogP contribution in [0.1, 0.15) is 16.7 Å². The van der Waals surface area contributed by atoms with Crippen LogP contribution in [-0.4, -0.2) is 5.75 Å². The van der Waals surface area contributed by atoms with Crippen molar-refractivity contribution < 1.29 is 0 Å². The van der Waals surface area contributed by atoms with Crippen molar-refractivity contribution in [3.8, 4) is 0 Å². The molecule has 0 nitrogen and oxygen atoms in total. The molecule has 0 saturated heterocycles. The zero-order valence-electron chi connectivity index (χ0n) is 6.98. The van der Waals surface area contributed by atoms with Crippen molar-refractivity contribution in [1.29, 1.82) is 0 Å². The molecule has 1 heteroatoms. The standard InChI is InChI=1S/C10H12S/c1-7-3-4-9-5-6-11-10(9)8(7)2/h3-4H,5-6H2,1-2H3. The monoisotopic (exact) mass is 164 g/mol. The van der Waals surface area contributed by atoms with Crippen molar-refractivity contribution in [1.82, 2.24) is 0 Å². The molecule has 58 valence electrons. The molecule has 0 N–H and O–H groups in total. The molecule has 0 saturated carbocycles. The lowest BCUT2D eigenvalue weighted by Crippen LogP contribution is -1.86. The Morgan fingerprint density at radius 2 is 2.09 bits per heavy atom. The van der Waals surface area contributed by atoms with Gasteiger partial charge in [0, 0.05) is 10.6 Å². The first-order valence-corrected chi connectivity index (χ1v) is 4.99. The molecular weight excluding hydrogens is 152 g/mol. The lowest BCUT2D eigenvalue weighted by molar-refractivity contribution is 1.11. The highest BCUT2D eigenvalue weighted by Gasteiger charge is 2.13. The lowest BCUT2D eigenvalue weighted by atomic mass is 10.1. The van der Waals surface area contributed by atoms with Crippen molar-refractivity contribution >= 4 is 11.8 Å². The number of benzene rings is 1. The van der Waals surface area contributed by atoms with E-state index in [9.17, 15) is 0 Å². The van der Waals surface area contributed by atoms with Gasteiger partial charge in [0.25, 0.3) is 0 Å². The van der Waals surface area contributed by atoms with Crippen LogP contribution in [0.4, 0.5) is 0 Å². The molecule has 1 aliphatic rings. The molecule has 0 radical (unpaired) electrons. The van der Waals surface area contributed by atoms with Crippen LogP contribution in [0.5, 0.6) is 0 Å². The molecule has 1 aromatic carbocycles. The van der Waals surface area contributed by atoms with Crippen LogP contribution in [0.15, 0.2) is 17.0 Å². The van der Waals surface area contributed by atoms with Crippen LogP contribution in [0, 0.1) is 13.8 Å². The first-order valence-electron chi connectivity index (χ1n) is 4.01. The Labute approximate surface area is 72.0 Å². The van der Waals surface area contributed by atoms with Gasteiger partial charge in [-0.25, -0.2) is 0 Å². The molecule has 0 unspecified atom stereocenters. The highest BCUT2D eigenvalue weighted by molar-refractivity contribution is 7.99. The van der Waals surface area contributed by atoms with Gasteiger partial charge in [0.05, 0.1) is 0 Å². The Bertz CT molecular complexity index is 289. The third-order valence-corrected chi connectivity index (χ3v) is 3.64. The fourth-order valence-corrected chi connectivity index (χ4v) is 2.77. The molecule has 1 heterocycles. The molecule has 11 heavy (non-hydrogen) atoms. The Kier molecular flexibility index (Phi) is 1.68. The van der Waals surface area contributed by atoms with Gasteiger partial charge in [-0.15, -0.1) is 11.8 Å². The van der Waals surface area contributed by atoms with Crippen LogP contribution in [0.3, 0.4) is 0 Å². The van der Waals surface area contributed by atoms with E-state index in [0.717, 1.165) is 0 Å². The molecule has 0 aromatic heterocycles. The molecule has 1 aliphatic heterocycles. The second-order valence-electron chi connectivity index (χ2n) is 3.09. The highest BCUT2D eigenvalue weighted by Crippen LogP contribution is 2.35. The number of rotatable bonds is 0. The van der Waals surface area contributed by atoms with Gasteiger partial charge in [-0.2, -0.15) is 0 Å². The average Bonchev–Trinajstić information content (AvgIpc) is 2.45. The van der Waals surface area contributed by atoms with Gasteiger partial charge in [0.2, 0.25) is 0 Å². The molecule has 0 spiro atoms. The van der Waals surface area contributed by atoms with Crippen LogP contribution in [0.2, 0.25) is 0 Å². The summed E-state index contributed by atoms with van der Waals surface area (Å²) in [7, 11) is 0. The van der Waals surface area contributed by atoms with E-state index in [1.165, 1.54) is 23.3 Å². The SMILES string of the molecule is Cc1ccc2c(c1C)SCC2. The maximum atomic E-state index is 2.28. The fourth-order valence-electron chi connectivity index (χ4n) is 1.51. The van der Waals surface area contributed by atoms with Gasteiger partial charge >= 0.3 is 0 Å². The molecule has 0 aliphatic carbocycles. The Hall–Kier alpha value is -0.430. The Balaban J connectivity index is 2.62. The minimum atomic E-state index is 1.26. The summed E-state index contributed by atoms with van der Waals surface area (Å²) in [5.74, 6) is 1.28. The number of hydrogen-bond donors (Lipinski definition) is 0. The zero-order valence-corrected chi connectivity index (χ0v) is 7.79. The van der Waals surface area contributed by atoms with E-state index in [1.807, 2.05) is 11.8 Å². The van der Waals surface area contributed by atoms with Crippen LogP contribution < -0.4 is 0 Å². The first-order chi connectivity index (χ1) is 5.29. The van der Waals surface area contributed by atoms with E-state index >= 15 is 0 Å². The van der Waals surface area contributed by atoms with Crippen molar-refractivity contribution in [3.63, 3.8) is 0 Å². The minimum absolute atomic E-state index is 1.26. The number of aryl methyl sites for hydroxylation is 2.